The number of methoxy groups -OCH3 is 2. The van der Waals surface area contributed by atoms with E-state index in [9.17, 15) is 4.79 Å². The number of ether oxygens (including phenoxy) is 3. The molecule has 1 aliphatic heterocycles. The minimum atomic E-state index is -0.894. The molecule has 20 heavy (non-hydrogen) atoms. The molecule has 1 saturated carbocycles. The minimum Gasteiger partial charge on any atom is -0.377 e. The van der Waals surface area contributed by atoms with Crippen LogP contribution in [0.5, 0.6) is 0 Å². The first-order valence-electron chi connectivity index (χ1n) is 7.07. The molecule has 1 aliphatic carbocycles. The molecule has 2 aliphatic rings. The van der Waals surface area contributed by atoms with Gasteiger partial charge in [0.2, 0.25) is 5.91 Å². The lowest BCUT2D eigenvalue weighted by Gasteiger charge is -2.60. The predicted octanol–water partition coefficient (Wildman–Crippen LogP) is 0.252. The van der Waals surface area contributed by atoms with E-state index in [1.807, 2.05) is 20.8 Å². The minimum absolute atomic E-state index is 0.0780. The molecule has 4 unspecified atom stereocenters. The number of carbonyl (C=O) groups excluding carboxylic acids is 1. The average molecular weight is 286 g/mol. The summed E-state index contributed by atoms with van der Waals surface area (Å²) in [5, 5.41) is 2.92. The topological polar surface area (TPSA) is 82.8 Å². The molecule has 2 fully saturated rings. The Morgan fingerprint density at radius 2 is 2.00 bits per heavy atom. The summed E-state index contributed by atoms with van der Waals surface area (Å²) in [5.41, 5.74) is 5.21. The number of hydrogen-bond donors (Lipinski definition) is 2. The number of hydrogen-bond acceptors (Lipinski definition) is 5. The normalized spacial score (nSPS) is 36.4. The third kappa shape index (κ3) is 1.97. The predicted molar refractivity (Wildman–Crippen MR) is 74.0 cm³/mol. The molecule has 4 atom stereocenters. The van der Waals surface area contributed by atoms with E-state index in [2.05, 4.69) is 5.32 Å². The maximum absolute atomic E-state index is 12.6. The summed E-state index contributed by atoms with van der Waals surface area (Å²) in [6.07, 6.45) is 0.431. The van der Waals surface area contributed by atoms with Gasteiger partial charge in [-0.05, 0) is 13.3 Å². The monoisotopic (exact) mass is 286 g/mol. The number of amides is 1. The van der Waals surface area contributed by atoms with Gasteiger partial charge in [-0.25, -0.2) is 0 Å². The Balaban J connectivity index is 2.09. The molecule has 0 aromatic carbocycles. The van der Waals surface area contributed by atoms with Gasteiger partial charge in [0.1, 0.15) is 5.54 Å². The lowest BCUT2D eigenvalue weighted by Crippen LogP contribution is -2.80. The van der Waals surface area contributed by atoms with E-state index in [0.717, 1.165) is 6.42 Å². The van der Waals surface area contributed by atoms with Crippen molar-refractivity contribution in [3.63, 3.8) is 0 Å². The van der Waals surface area contributed by atoms with Crippen molar-refractivity contribution in [2.75, 3.05) is 20.8 Å². The summed E-state index contributed by atoms with van der Waals surface area (Å²) in [5.74, 6) is -0.0610. The summed E-state index contributed by atoms with van der Waals surface area (Å²) in [7, 11) is 3.09. The van der Waals surface area contributed by atoms with E-state index >= 15 is 0 Å². The van der Waals surface area contributed by atoms with Gasteiger partial charge in [-0.15, -0.1) is 0 Å². The molecule has 0 aromatic rings. The van der Waals surface area contributed by atoms with Crippen LogP contribution in [0.15, 0.2) is 0 Å². The van der Waals surface area contributed by atoms with E-state index in [-0.39, 0.29) is 29.4 Å². The van der Waals surface area contributed by atoms with Crippen molar-refractivity contribution in [1.29, 1.82) is 0 Å². The van der Waals surface area contributed by atoms with Crippen LogP contribution in [0, 0.1) is 11.3 Å². The summed E-state index contributed by atoms with van der Waals surface area (Å²) in [4.78, 5) is 12.6. The second-order valence-electron chi connectivity index (χ2n) is 6.38. The lowest BCUT2D eigenvalue weighted by atomic mass is 9.48. The van der Waals surface area contributed by atoms with Crippen molar-refractivity contribution in [3.8, 4) is 0 Å². The molecule has 0 radical (unpaired) electrons. The van der Waals surface area contributed by atoms with Gasteiger partial charge >= 0.3 is 0 Å². The maximum Gasteiger partial charge on any atom is 0.241 e. The van der Waals surface area contributed by atoms with Crippen LogP contribution in [0.25, 0.3) is 0 Å². The van der Waals surface area contributed by atoms with Crippen molar-refractivity contribution >= 4 is 5.91 Å². The summed E-state index contributed by atoms with van der Waals surface area (Å²) in [6.45, 7) is 6.51. The van der Waals surface area contributed by atoms with Gasteiger partial charge in [-0.2, -0.15) is 0 Å². The van der Waals surface area contributed by atoms with E-state index < -0.39 is 11.8 Å². The Bertz CT molecular complexity index is 383. The average Bonchev–Trinajstić information content (AvgIpc) is 2.87. The van der Waals surface area contributed by atoms with Gasteiger partial charge in [0.15, 0.2) is 6.29 Å². The molecule has 1 heterocycles. The Morgan fingerprint density at radius 1 is 1.40 bits per heavy atom. The van der Waals surface area contributed by atoms with Crippen LogP contribution in [0.4, 0.5) is 0 Å². The highest BCUT2D eigenvalue weighted by Gasteiger charge is 2.71. The fourth-order valence-electron chi connectivity index (χ4n) is 3.74. The zero-order chi connectivity index (χ0) is 15.1. The van der Waals surface area contributed by atoms with E-state index in [1.165, 1.54) is 0 Å². The molecular weight excluding hydrogens is 260 g/mol. The fourth-order valence-corrected chi connectivity index (χ4v) is 3.74. The van der Waals surface area contributed by atoms with Gasteiger partial charge < -0.3 is 25.3 Å². The molecule has 3 N–H and O–H groups in total. The molecule has 6 heteroatoms. The highest BCUT2D eigenvalue weighted by Crippen LogP contribution is 2.58. The van der Waals surface area contributed by atoms with Crippen molar-refractivity contribution in [3.05, 3.63) is 0 Å². The van der Waals surface area contributed by atoms with Gasteiger partial charge in [0.25, 0.3) is 0 Å². The Kier molecular flexibility index (Phi) is 4.12. The summed E-state index contributed by atoms with van der Waals surface area (Å²) < 4.78 is 16.0. The van der Waals surface area contributed by atoms with Crippen molar-refractivity contribution in [2.24, 2.45) is 17.1 Å². The number of rotatable bonds is 5. The van der Waals surface area contributed by atoms with Gasteiger partial charge in [-0.3, -0.25) is 4.79 Å². The standard InChI is InChI=1S/C14H26N2O4/c1-8(11(18-4)19-5)16-12(17)14(15)9-6-7-20-10(9)13(14,2)3/h8-11H,6-7,15H2,1-5H3,(H,16,17). The van der Waals surface area contributed by atoms with Crippen LogP contribution in [-0.4, -0.2) is 50.7 Å². The molecule has 1 saturated heterocycles. The smallest absolute Gasteiger partial charge is 0.241 e. The Labute approximate surface area is 120 Å². The van der Waals surface area contributed by atoms with E-state index in [0.29, 0.717) is 6.61 Å². The van der Waals surface area contributed by atoms with Crippen molar-refractivity contribution in [2.45, 2.75) is 51.2 Å². The second-order valence-corrected chi connectivity index (χ2v) is 6.38. The molecule has 0 aromatic heterocycles. The fraction of sp³-hybridized carbons (Fsp3) is 0.929. The summed E-state index contributed by atoms with van der Waals surface area (Å²) in [6, 6.07) is -0.268. The molecule has 6 nitrogen and oxygen atoms in total. The highest BCUT2D eigenvalue weighted by molar-refractivity contribution is 5.89. The molecule has 1 amide bonds. The summed E-state index contributed by atoms with van der Waals surface area (Å²) >= 11 is 0. The van der Waals surface area contributed by atoms with Crippen LogP contribution in [0.2, 0.25) is 0 Å². The largest absolute Gasteiger partial charge is 0.377 e. The first kappa shape index (κ1) is 15.7. The van der Waals surface area contributed by atoms with Gasteiger partial charge in [0, 0.05) is 32.2 Å². The van der Waals surface area contributed by atoms with Gasteiger partial charge in [-0.1, -0.05) is 13.8 Å². The Hall–Kier alpha value is -0.690. The second kappa shape index (κ2) is 5.26. The van der Waals surface area contributed by atoms with Crippen LogP contribution in [0.3, 0.4) is 0 Å². The van der Waals surface area contributed by atoms with E-state index in [4.69, 9.17) is 19.9 Å². The van der Waals surface area contributed by atoms with Crippen LogP contribution in [0.1, 0.15) is 27.2 Å². The van der Waals surface area contributed by atoms with Crippen LogP contribution < -0.4 is 11.1 Å². The number of carbonyl (C=O) groups is 1. The highest BCUT2D eigenvalue weighted by atomic mass is 16.7. The third-order valence-corrected chi connectivity index (χ3v) is 5.06. The van der Waals surface area contributed by atoms with Crippen molar-refractivity contribution < 1.29 is 19.0 Å². The quantitative estimate of drug-likeness (QED) is 0.708. The third-order valence-electron chi connectivity index (χ3n) is 5.06. The number of nitrogens with one attached hydrogen (secondary N) is 1. The first-order chi connectivity index (χ1) is 9.30. The number of nitrogens with two attached hydrogens (primary N) is 1. The molecule has 2 rings (SSSR count). The maximum atomic E-state index is 12.6. The van der Waals surface area contributed by atoms with E-state index in [1.54, 1.807) is 14.2 Å². The van der Waals surface area contributed by atoms with Crippen molar-refractivity contribution in [1.82, 2.24) is 5.32 Å². The zero-order valence-electron chi connectivity index (χ0n) is 12.9. The Morgan fingerprint density at radius 3 is 2.55 bits per heavy atom. The van der Waals surface area contributed by atoms with Gasteiger partial charge in [0.05, 0.1) is 12.1 Å². The number of fused-ring (bicyclic) bond motifs is 1. The zero-order valence-corrected chi connectivity index (χ0v) is 12.9. The van der Waals surface area contributed by atoms with Crippen LogP contribution >= 0.6 is 0 Å². The van der Waals surface area contributed by atoms with Crippen LogP contribution in [-0.2, 0) is 19.0 Å². The SMILES string of the molecule is COC(OC)C(C)NC(=O)C1(N)C2CCOC2C1(C)C. The molecule has 116 valence electrons. The lowest BCUT2D eigenvalue weighted by molar-refractivity contribution is -0.179. The molecule has 0 spiro atoms. The first-order valence-corrected chi connectivity index (χ1v) is 7.07. The molecule has 0 bridgehead atoms. The molecular formula is C14H26N2O4.